The minimum atomic E-state index is -4.38. The summed E-state index contributed by atoms with van der Waals surface area (Å²) in [4.78, 5) is 14.4. The zero-order chi connectivity index (χ0) is 17.2. The van der Waals surface area contributed by atoms with Gasteiger partial charge in [-0.05, 0) is 74.9 Å². The smallest absolute Gasteiger partial charge is 0.339 e. The summed E-state index contributed by atoms with van der Waals surface area (Å²) >= 11 is 0. The summed E-state index contributed by atoms with van der Waals surface area (Å²) in [6, 6.07) is 3.93. The fraction of sp³-hybridized carbons (Fsp3) is 0.611. The van der Waals surface area contributed by atoms with E-state index in [1.54, 1.807) is 4.90 Å². The molecule has 3 rings (SSSR count). The molecule has 2 aliphatic heterocycles. The van der Waals surface area contributed by atoms with Crippen molar-refractivity contribution in [2.24, 2.45) is 0 Å². The Morgan fingerprint density at radius 1 is 1.08 bits per heavy atom. The highest BCUT2D eigenvalue weighted by Gasteiger charge is 2.36. The van der Waals surface area contributed by atoms with Crippen molar-refractivity contribution in [2.75, 3.05) is 26.2 Å². The lowest BCUT2D eigenvalue weighted by Gasteiger charge is -2.29. The van der Waals surface area contributed by atoms with E-state index in [1.807, 2.05) is 0 Å². The van der Waals surface area contributed by atoms with Crippen LogP contribution in [0.25, 0.3) is 0 Å². The zero-order valence-corrected chi connectivity index (χ0v) is 13.7. The van der Waals surface area contributed by atoms with Crippen molar-refractivity contribution in [1.29, 1.82) is 0 Å². The molecule has 2 fully saturated rings. The van der Waals surface area contributed by atoms with E-state index in [0.29, 0.717) is 44.6 Å². The van der Waals surface area contributed by atoms with Crippen LogP contribution in [0.2, 0.25) is 0 Å². The first-order chi connectivity index (χ1) is 11.5. The second kappa shape index (κ2) is 7.13. The monoisotopic (exact) mass is 340 g/mol. The average molecular weight is 340 g/mol. The number of hydrogen-bond acceptors (Lipinski definition) is 2. The number of benzene rings is 1. The number of halogens is 3. The second-order valence-electron chi connectivity index (χ2n) is 6.68. The van der Waals surface area contributed by atoms with Crippen molar-refractivity contribution in [3.05, 3.63) is 34.9 Å². The maximum Gasteiger partial charge on any atom is 0.416 e. The van der Waals surface area contributed by atoms with E-state index < -0.39 is 11.7 Å². The number of carbonyl (C=O) groups is 1. The molecule has 132 valence electrons. The minimum absolute atomic E-state index is 0.140. The van der Waals surface area contributed by atoms with Crippen molar-refractivity contribution in [3.8, 4) is 0 Å². The number of piperidine rings is 2. The van der Waals surface area contributed by atoms with Gasteiger partial charge in [0.25, 0.3) is 5.91 Å². The van der Waals surface area contributed by atoms with E-state index in [1.165, 1.54) is 12.1 Å². The third-order valence-electron chi connectivity index (χ3n) is 5.03. The summed E-state index contributed by atoms with van der Waals surface area (Å²) in [6.07, 6.45) is -0.0000445. The number of rotatable bonds is 2. The molecule has 0 bridgehead atoms. The number of carbonyl (C=O) groups excluding carboxylic acids is 1. The van der Waals surface area contributed by atoms with Crippen LogP contribution in [0.4, 0.5) is 13.2 Å². The molecule has 2 saturated heterocycles. The largest absolute Gasteiger partial charge is 0.416 e. The molecule has 0 spiro atoms. The molecule has 24 heavy (non-hydrogen) atoms. The van der Waals surface area contributed by atoms with Crippen LogP contribution in [-0.2, 0) is 6.18 Å². The van der Waals surface area contributed by atoms with Crippen molar-refractivity contribution in [3.63, 3.8) is 0 Å². The Labute approximate surface area is 140 Å². The molecular weight excluding hydrogens is 317 g/mol. The molecule has 2 aliphatic rings. The highest BCUT2D eigenvalue weighted by Crippen LogP contribution is 2.38. The highest BCUT2D eigenvalue weighted by molar-refractivity contribution is 5.94. The van der Waals surface area contributed by atoms with Gasteiger partial charge in [-0.25, -0.2) is 0 Å². The van der Waals surface area contributed by atoms with Gasteiger partial charge in [0.05, 0.1) is 5.56 Å². The van der Waals surface area contributed by atoms with Crippen molar-refractivity contribution in [1.82, 2.24) is 10.2 Å². The van der Waals surface area contributed by atoms with Crippen LogP contribution in [0.1, 0.15) is 59.5 Å². The Hall–Kier alpha value is -1.56. The topological polar surface area (TPSA) is 32.3 Å². The van der Waals surface area contributed by atoms with Gasteiger partial charge >= 0.3 is 6.18 Å². The Balaban J connectivity index is 1.92. The number of alkyl halides is 3. The van der Waals surface area contributed by atoms with Gasteiger partial charge in [-0.15, -0.1) is 0 Å². The van der Waals surface area contributed by atoms with Gasteiger partial charge in [0, 0.05) is 18.7 Å². The molecule has 1 amide bonds. The van der Waals surface area contributed by atoms with Gasteiger partial charge in [-0.1, -0.05) is 0 Å². The Morgan fingerprint density at radius 3 is 2.38 bits per heavy atom. The van der Waals surface area contributed by atoms with E-state index in [4.69, 9.17) is 0 Å². The quantitative estimate of drug-likeness (QED) is 0.888. The van der Waals surface area contributed by atoms with Crippen LogP contribution >= 0.6 is 0 Å². The molecule has 2 heterocycles. The van der Waals surface area contributed by atoms with E-state index >= 15 is 0 Å². The summed E-state index contributed by atoms with van der Waals surface area (Å²) in [5, 5.41) is 3.18. The van der Waals surface area contributed by atoms with Gasteiger partial charge in [0.1, 0.15) is 0 Å². The molecular formula is C18H23F3N2O. The summed E-state index contributed by atoms with van der Waals surface area (Å²) in [5.41, 5.74) is 0.0786. The van der Waals surface area contributed by atoms with Crippen molar-refractivity contribution in [2.45, 2.75) is 44.2 Å². The van der Waals surface area contributed by atoms with Gasteiger partial charge < -0.3 is 10.2 Å². The van der Waals surface area contributed by atoms with Gasteiger partial charge in [-0.2, -0.15) is 13.2 Å². The number of nitrogens with zero attached hydrogens (tertiary/aromatic N) is 1. The molecule has 0 saturated carbocycles. The molecule has 0 radical (unpaired) electrons. The normalized spacial score (nSPS) is 20.2. The van der Waals surface area contributed by atoms with Gasteiger partial charge in [0.15, 0.2) is 0 Å². The summed E-state index contributed by atoms with van der Waals surface area (Å²) < 4.78 is 40.1. The van der Waals surface area contributed by atoms with E-state index in [2.05, 4.69) is 5.32 Å². The Bertz CT molecular complexity index is 588. The third-order valence-corrected chi connectivity index (χ3v) is 5.03. The molecule has 0 aromatic heterocycles. The lowest BCUT2D eigenvalue weighted by molar-refractivity contribution is -0.138. The summed E-state index contributed by atoms with van der Waals surface area (Å²) in [5.74, 6) is -0.282. The number of hydrogen-bond donors (Lipinski definition) is 1. The van der Waals surface area contributed by atoms with Crippen LogP contribution in [-0.4, -0.2) is 37.0 Å². The van der Waals surface area contributed by atoms with Gasteiger partial charge in [0.2, 0.25) is 0 Å². The molecule has 6 heteroatoms. The van der Waals surface area contributed by atoms with Crippen LogP contribution in [0, 0.1) is 0 Å². The minimum Gasteiger partial charge on any atom is -0.339 e. The van der Waals surface area contributed by atoms with Crippen molar-refractivity contribution < 1.29 is 18.0 Å². The zero-order valence-electron chi connectivity index (χ0n) is 13.7. The van der Waals surface area contributed by atoms with E-state index in [0.717, 1.165) is 25.3 Å². The molecule has 1 N–H and O–H groups in total. The van der Waals surface area contributed by atoms with E-state index in [9.17, 15) is 18.0 Å². The molecule has 1 aromatic carbocycles. The number of nitrogens with one attached hydrogen (secondary N) is 1. The maximum absolute atomic E-state index is 13.4. The predicted molar refractivity (Wildman–Crippen MR) is 86.0 cm³/mol. The molecule has 0 unspecified atom stereocenters. The van der Waals surface area contributed by atoms with Crippen LogP contribution in [0.3, 0.4) is 0 Å². The Morgan fingerprint density at radius 2 is 1.75 bits per heavy atom. The van der Waals surface area contributed by atoms with Crippen LogP contribution in [0.5, 0.6) is 0 Å². The standard InChI is InChI=1S/C18H23F3N2O/c19-18(20,21)16-5-4-14(17(24)23-10-2-1-3-11-23)12-15(16)13-6-8-22-9-7-13/h4-5,12-13,22H,1-3,6-11H2. The maximum atomic E-state index is 13.4. The molecule has 1 aromatic rings. The number of amides is 1. The Kier molecular flexibility index (Phi) is 5.13. The van der Waals surface area contributed by atoms with Crippen molar-refractivity contribution >= 4 is 5.91 Å². The number of likely N-dealkylation sites (tertiary alicyclic amines) is 1. The lowest BCUT2D eigenvalue weighted by atomic mass is 9.85. The second-order valence-corrected chi connectivity index (χ2v) is 6.68. The average Bonchev–Trinajstić information content (AvgIpc) is 2.61. The summed E-state index contributed by atoms with van der Waals surface area (Å²) in [7, 11) is 0. The molecule has 0 atom stereocenters. The fourth-order valence-corrected chi connectivity index (χ4v) is 3.70. The lowest BCUT2D eigenvalue weighted by Crippen LogP contribution is -2.35. The molecule has 0 aliphatic carbocycles. The first-order valence-corrected chi connectivity index (χ1v) is 8.68. The van der Waals surface area contributed by atoms with Crippen LogP contribution in [0.15, 0.2) is 18.2 Å². The fourth-order valence-electron chi connectivity index (χ4n) is 3.70. The molecule has 3 nitrogen and oxygen atoms in total. The van der Waals surface area contributed by atoms with E-state index in [-0.39, 0.29) is 17.4 Å². The SMILES string of the molecule is O=C(c1ccc(C(F)(F)F)c(C2CCNCC2)c1)N1CCCCC1. The van der Waals surface area contributed by atoms with Crippen LogP contribution < -0.4 is 5.32 Å². The predicted octanol–water partition coefficient (Wildman–Crippen LogP) is 3.80. The van der Waals surface area contributed by atoms with Gasteiger partial charge in [-0.3, -0.25) is 4.79 Å². The summed E-state index contributed by atoms with van der Waals surface area (Å²) in [6.45, 7) is 2.82. The highest BCUT2D eigenvalue weighted by atomic mass is 19.4. The first-order valence-electron chi connectivity index (χ1n) is 8.68. The third kappa shape index (κ3) is 3.74. The first kappa shape index (κ1) is 17.3.